The van der Waals surface area contributed by atoms with Crippen LogP contribution in [0.5, 0.6) is 0 Å². The van der Waals surface area contributed by atoms with Gasteiger partial charge in [0.15, 0.2) is 0 Å². The molecule has 0 radical (unpaired) electrons. The third kappa shape index (κ3) is 4.45. The largest absolute Gasteiger partial charge is 0.362 e. The van der Waals surface area contributed by atoms with Crippen LogP contribution in [-0.2, 0) is 11.3 Å². The minimum atomic E-state index is 0.0657. The predicted octanol–water partition coefficient (Wildman–Crippen LogP) is 3.35. The molecule has 2 aromatic rings. The van der Waals surface area contributed by atoms with Gasteiger partial charge in [0, 0.05) is 27.6 Å². The zero-order valence-electron chi connectivity index (χ0n) is 14.5. The molecule has 128 valence electrons. The lowest BCUT2D eigenvalue weighted by atomic mass is 9.97. The standard InChI is InChI=1S/C18H23ClN4O/c1-13(14-8-6-5-7-9-14)10-16(24)23(4)11-15-17(19)20-12-21-18(15)22(2)3/h5-9,12-13H,10-11H2,1-4H3/t13-/m0/s1. The van der Waals surface area contributed by atoms with Gasteiger partial charge in [-0.15, -0.1) is 0 Å². The van der Waals surface area contributed by atoms with Crippen LogP contribution in [0, 0.1) is 0 Å². The Bertz CT molecular complexity index is 691. The highest BCUT2D eigenvalue weighted by atomic mass is 35.5. The molecule has 1 atom stereocenters. The number of halogens is 1. The Balaban J connectivity index is 2.07. The summed E-state index contributed by atoms with van der Waals surface area (Å²) >= 11 is 6.21. The first-order valence-electron chi connectivity index (χ1n) is 7.85. The predicted molar refractivity (Wildman–Crippen MR) is 97.3 cm³/mol. The normalized spacial score (nSPS) is 11.9. The Morgan fingerprint density at radius 2 is 1.83 bits per heavy atom. The van der Waals surface area contributed by atoms with Gasteiger partial charge in [-0.3, -0.25) is 4.79 Å². The second kappa shape index (κ2) is 8.11. The third-order valence-corrected chi connectivity index (χ3v) is 4.29. The maximum Gasteiger partial charge on any atom is 0.223 e. The molecule has 0 N–H and O–H groups in total. The summed E-state index contributed by atoms with van der Waals surface area (Å²) in [7, 11) is 5.56. The zero-order chi connectivity index (χ0) is 17.7. The van der Waals surface area contributed by atoms with Gasteiger partial charge in [0.2, 0.25) is 5.91 Å². The molecule has 24 heavy (non-hydrogen) atoms. The second-order valence-corrected chi connectivity index (χ2v) is 6.48. The fourth-order valence-electron chi connectivity index (χ4n) is 2.55. The van der Waals surface area contributed by atoms with Crippen LogP contribution in [0.2, 0.25) is 5.15 Å². The Hall–Kier alpha value is -2.14. The quantitative estimate of drug-likeness (QED) is 0.753. The molecule has 0 bridgehead atoms. The van der Waals surface area contributed by atoms with Crippen molar-refractivity contribution >= 4 is 23.3 Å². The molecular weight excluding hydrogens is 324 g/mol. The summed E-state index contributed by atoms with van der Waals surface area (Å²) in [4.78, 5) is 24.4. The highest BCUT2D eigenvalue weighted by Crippen LogP contribution is 2.25. The van der Waals surface area contributed by atoms with E-state index in [9.17, 15) is 4.79 Å². The van der Waals surface area contributed by atoms with E-state index in [1.807, 2.05) is 49.3 Å². The van der Waals surface area contributed by atoms with Crippen molar-refractivity contribution in [2.75, 3.05) is 26.0 Å². The van der Waals surface area contributed by atoms with Crippen LogP contribution in [0.4, 0.5) is 5.82 Å². The van der Waals surface area contributed by atoms with Crippen molar-refractivity contribution in [2.45, 2.75) is 25.8 Å². The maximum atomic E-state index is 12.6. The summed E-state index contributed by atoms with van der Waals surface area (Å²) in [6, 6.07) is 10.0. The molecule has 0 fully saturated rings. The molecule has 0 aliphatic carbocycles. The Morgan fingerprint density at radius 1 is 1.17 bits per heavy atom. The molecule has 1 aromatic heterocycles. The molecule has 2 rings (SSSR count). The van der Waals surface area contributed by atoms with Crippen molar-refractivity contribution in [3.8, 4) is 0 Å². The molecule has 1 aromatic carbocycles. The average molecular weight is 347 g/mol. The topological polar surface area (TPSA) is 49.3 Å². The van der Waals surface area contributed by atoms with E-state index in [4.69, 9.17) is 11.6 Å². The first-order valence-corrected chi connectivity index (χ1v) is 8.23. The highest BCUT2D eigenvalue weighted by molar-refractivity contribution is 6.30. The van der Waals surface area contributed by atoms with Crippen LogP contribution in [0.15, 0.2) is 36.7 Å². The molecule has 0 aliphatic rings. The summed E-state index contributed by atoms with van der Waals surface area (Å²) in [5, 5.41) is 0.379. The molecule has 0 aliphatic heterocycles. The average Bonchev–Trinajstić information content (AvgIpc) is 2.57. The zero-order valence-corrected chi connectivity index (χ0v) is 15.3. The van der Waals surface area contributed by atoms with Crippen LogP contribution in [0.3, 0.4) is 0 Å². The number of carbonyl (C=O) groups is 1. The number of hydrogen-bond donors (Lipinski definition) is 0. The number of carbonyl (C=O) groups excluding carboxylic acids is 1. The van der Waals surface area contributed by atoms with Gasteiger partial charge in [0.05, 0.1) is 12.1 Å². The van der Waals surface area contributed by atoms with Crippen LogP contribution in [-0.4, -0.2) is 41.9 Å². The van der Waals surface area contributed by atoms with Crippen LogP contribution < -0.4 is 4.90 Å². The number of anilines is 1. The Morgan fingerprint density at radius 3 is 2.46 bits per heavy atom. The van der Waals surface area contributed by atoms with Crippen molar-refractivity contribution in [1.29, 1.82) is 0 Å². The van der Waals surface area contributed by atoms with Crippen molar-refractivity contribution in [3.63, 3.8) is 0 Å². The molecule has 0 saturated carbocycles. The molecule has 6 heteroatoms. The van der Waals surface area contributed by atoms with Crippen molar-refractivity contribution < 1.29 is 4.79 Å². The van der Waals surface area contributed by atoms with Gasteiger partial charge in [0.25, 0.3) is 0 Å². The van der Waals surface area contributed by atoms with Gasteiger partial charge >= 0.3 is 0 Å². The fraction of sp³-hybridized carbons (Fsp3) is 0.389. The minimum Gasteiger partial charge on any atom is -0.362 e. The van der Waals surface area contributed by atoms with Crippen LogP contribution in [0.25, 0.3) is 0 Å². The van der Waals surface area contributed by atoms with E-state index in [2.05, 4.69) is 16.9 Å². The highest BCUT2D eigenvalue weighted by Gasteiger charge is 2.19. The Kier molecular flexibility index (Phi) is 6.15. The van der Waals surface area contributed by atoms with E-state index in [1.165, 1.54) is 6.33 Å². The summed E-state index contributed by atoms with van der Waals surface area (Å²) < 4.78 is 0. The Labute approximate surface area is 148 Å². The number of nitrogens with zero attached hydrogens (tertiary/aromatic N) is 4. The molecular formula is C18H23ClN4O. The van der Waals surface area contributed by atoms with Gasteiger partial charge < -0.3 is 9.80 Å². The number of rotatable bonds is 6. The summed E-state index contributed by atoms with van der Waals surface area (Å²) in [6.07, 6.45) is 1.88. The summed E-state index contributed by atoms with van der Waals surface area (Å²) in [5.41, 5.74) is 1.92. The van der Waals surface area contributed by atoms with Crippen molar-refractivity contribution in [1.82, 2.24) is 14.9 Å². The van der Waals surface area contributed by atoms with Gasteiger partial charge in [-0.1, -0.05) is 48.9 Å². The molecule has 5 nitrogen and oxygen atoms in total. The van der Waals surface area contributed by atoms with Gasteiger partial charge in [-0.25, -0.2) is 9.97 Å². The molecule has 1 amide bonds. The first-order chi connectivity index (χ1) is 11.4. The number of benzene rings is 1. The van der Waals surface area contributed by atoms with E-state index in [0.29, 0.717) is 18.1 Å². The summed E-state index contributed by atoms with van der Waals surface area (Å²) in [5.74, 6) is 0.957. The van der Waals surface area contributed by atoms with E-state index < -0.39 is 0 Å². The third-order valence-electron chi connectivity index (χ3n) is 3.96. The maximum absolute atomic E-state index is 12.6. The fourth-order valence-corrected chi connectivity index (χ4v) is 2.73. The summed E-state index contributed by atoms with van der Waals surface area (Å²) in [6.45, 7) is 2.44. The van der Waals surface area contributed by atoms with Gasteiger partial charge in [-0.05, 0) is 11.5 Å². The monoisotopic (exact) mass is 346 g/mol. The number of aromatic nitrogens is 2. The number of amides is 1. The smallest absolute Gasteiger partial charge is 0.223 e. The lowest BCUT2D eigenvalue weighted by molar-refractivity contribution is -0.130. The molecule has 0 saturated heterocycles. The lowest BCUT2D eigenvalue weighted by Crippen LogP contribution is -2.28. The van der Waals surface area contributed by atoms with Gasteiger partial charge in [0.1, 0.15) is 17.3 Å². The first kappa shape index (κ1) is 18.2. The molecule has 1 heterocycles. The SMILES string of the molecule is C[C@@H](CC(=O)N(C)Cc1c(Cl)ncnc1N(C)C)c1ccccc1. The van der Waals surface area contributed by atoms with Crippen LogP contribution in [0.1, 0.15) is 30.4 Å². The lowest BCUT2D eigenvalue weighted by Gasteiger charge is -2.23. The second-order valence-electron chi connectivity index (χ2n) is 6.13. The van der Waals surface area contributed by atoms with E-state index in [0.717, 1.165) is 16.9 Å². The van der Waals surface area contributed by atoms with Crippen LogP contribution >= 0.6 is 11.6 Å². The molecule has 0 unspecified atom stereocenters. The van der Waals surface area contributed by atoms with Gasteiger partial charge in [-0.2, -0.15) is 0 Å². The van der Waals surface area contributed by atoms with E-state index in [-0.39, 0.29) is 11.8 Å². The number of hydrogen-bond acceptors (Lipinski definition) is 4. The van der Waals surface area contributed by atoms with Crippen molar-refractivity contribution in [3.05, 3.63) is 52.9 Å². The van der Waals surface area contributed by atoms with E-state index >= 15 is 0 Å². The van der Waals surface area contributed by atoms with E-state index in [1.54, 1.807) is 11.9 Å². The van der Waals surface area contributed by atoms with Crippen molar-refractivity contribution in [2.24, 2.45) is 0 Å². The minimum absolute atomic E-state index is 0.0657. The molecule has 0 spiro atoms.